The first-order valence-electron chi connectivity index (χ1n) is 7.36. The molecule has 0 saturated carbocycles. The monoisotopic (exact) mass is 271 g/mol. The van der Waals surface area contributed by atoms with Gasteiger partial charge in [-0.05, 0) is 44.9 Å². The molecule has 0 spiro atoms. The third-order valence-electron chi connectivity index (χ3n) is 4.17. The summed E-state index contributed by atoms with van der Waals surface area (Å²) in [5, 5.41) is 0. The Kier molecular flexibility index (Phi) is 3.57. The van der Waals surface area contributed by atoms with E-state index in [1.54, 1.807) is 10.5 Å². The van der Waals surface area contributed by atoms with Crippen molar-refractivity contribution in [1.29, 1.82) is 0 Å². The molecule has 0 unspecified atom stereocenters. The molecular formula is C16H21N3O. The molecule has 2 aromatic heterocycles. The van der Waals surface area contributed by atoms with Crippen LogP contribution in [0.4, 0.5) is 0 Å². The van der Waals surface area contributed by atoms with Crippen LogP contribution in [0.3, 0.4) is 0 Å². The van der Waals surface area contributed by atoms with Crippen LogP contribution in [0.25, 0.3) is 5.65 Å². The second kappa shape index (κ2) is 5.37. The normalized spacial score (nSPS) is 20.4. The highest BCUT2D eigenvalue weighted by atomic mass is 16.1. The molecule has 1 aliphatic rings. The Morgan fingerprint density at radius 1 is 1.35 bits per heavy atom. The minimum absolute atomic E-state index is 0.0124. The fourth-order valence-electron chi connectivity index (χ4n) is 2.94. The number of pyridine rings is 1. The predicted molar refractivity (Wildman–Crippen MR) is 79.9 cm³/mol. The van der Waals surface area contributed by atoms with Crippen LogP contribution in [0.15, 0.2) is 29.2 Å². The standard InChI is InChI=1S/C16H21N3O/c1-12-6-7-15-17-14(9-16(20)19(15)10-12)11-18-8-4-3-5-13(18)2/h6-7,9-10,13H,3-5,8,11H2,1-2H3/t13-/m1/s1. The lowest BCUT2D eigenvalue weighted by molar-refractivity contribution is 0.151. The van der Waals surface area contributed by atoms with Crippen LogP contribution in [-0.2, 0) is 6.54 Å². The fourth-order valence-corrected chi connectivity index (χ4v) is 2.94. The summed E-state index contributed by atoms with van der Waals surface area (Å²) in [6.45, 7) is 6.13. The molecule has 3 rings (SSSR count). The smallest absolute Gasteiger partial charge is 0.258 e. The van der Waals surface area contributed by atoms with Gasteiger partial charge in [0, 0.05) is 24.8 Å². The zero-order chi connectivity index (χ0) is 14.1. The highest BCUT2D eigenvalue weighted by Gasteiger charge is 2.19. The number of hydrogen-bond donors (Lipinski definition) is 0. The molecule has 3 heterocycles. The summed E-state index contributed by atoms with van der Waals surface area (Å²) in [5.41, 5.74) is 2.70. The van der Waals surface area contributed by atoms with Crippen LogP contribution in [0.2, 0.25) is 0 Å². The largest absolute Gasteiger partial charge is 0.295 e. The van der Waals surface area contributed by atoms with E-state index in [0.717, 1.165) is 30.0 Å². The van der Waals surface area contributed by atoms with E-state index in [1.165, 1.54) is 19.3 Å². The van der Waals surface area contributed by atoms with Crippen LogP contribution in [-0.4, -0.2) is 26.9 Å². The Morgan fingerprint density at radius 3 is 3.00 bits per heavy atom. The van der Waals surface area contributed by atoms with Crippen molar-refractivity contribution in [2.75, 3.05) is 6.54 Å². The van der Waals surface area contributed by atoms with Gasteiger partial charge in [0.05, 0.1) is 5.69 Å². The maximum atomic E-state index is 12.2. The van der Waals surface area contributed by atoms with E-state index in [1.807, 2.05) is 25.3 Å². The van der Waals surface area contributed by atoms with E-state index in [2.05, 4.69) is 16.8 Å². The van der Waals surface area contributed by atoms with Crippen LogP contribution in [0.5, 0.6) is 0 Å². The number of likely N-dealkylation sites (tertiary alicyclic amines) is 1. The molecular weight excluding hydrogens is 250 g/mol. The van der Waals surface area contributed by atoms with E-state index in [-0.39, 0.29) is 5.56 Å². The second-order valence-electron chi connectivity index (χ2n) is 5.84. The lowest BCUT2D eigenvalue weighted by Gasteiger charge is -2.32. The molecule has 20 heavy (non-hydrogen) atoms. The third-order valence-corrected chi connectivity index (χ3v) is 4.17. The molecule has 0 aromatic carbocycles. The van der Waals surface area contributed by atoms with Gasteiger partial charge in [-0.1, -0.05) is 12.5 Å². The topological polar surface area (TPSA) is 37.6 Å². The molecule has 1 aliphatic heterocycles. The number of piperidine rings is 1. The zero-order valence-electron chi connectivity index (χ0n) is 12.2. The van der Waals surface area contributed by atoms with Gasteiger partial charge in [-0.2, -0.15) is 0 Å². The lowest BCUT2D eigenvalue weighted by atomic mass is 10.0. The molecule has 1 saturated heterocycles. The van der Waals surface area contributed by atoms with Gasteiger partial charge in [-0.15, -0.1) is 0 Å². The second-order valence-corrected chi connectivity index (χ2v) is 5.84. The Bertz CT molecular complexity index is 677. The van der Waals surface area contributed by atoms with Gasteiger partial charge in [-0.3, -0.25) is 14.1 Å². The first kappa shape index (κ1) is 13.3. The van der Waals surface area contributed by atoms with Crippen molar-refractivity contribution in [2.45, 2.75) is 45.7 Å². The maximum Gasteiger partial charge on any atom is 0.258 e. The summed E-state index contributed by atoms with van der Waals surface area (Å²) in [6, 6.07) is 6.17. The van der Waals surface area contributed by atoms with Crippen LogP contribution in [0, 0.1) is 6.92 Å². The van der Waals surface area contributed by atoms with Gasteiger partial charge in [-0.25, -0.2) is 4.98 Å². The molecule has 0 amide bonds. The van der Waals surface area contributed by atoms with Crippen molar-refractivity contribution in [3.8, 4) is 0 Å². The SMILES string of the molecule is Cc1ccc2nc(CN3CCCC[C@H]3C)cc(=O)n2c1. The van der Waals surface area contributed by atoms with Crippen molar-refractivity contribution in [1.82, 2.24) is 14.3 Å². The number of fused-ring (bicyclic) bond motifs is 1. The Morgan fingerprint density at radius 2 is 2.20 bits per heavy atom. The zero-order valence-corrected chi connectivity index (χ0v) is 12.2. The molecule has 0 bridgehead atoms. The van der Waals surface area contributed by atoms with Gasteiger partial charge in [0.15, 0.2) is 0 Å². The highest BCUT2D eigenvalue weighted by molar-refractivity contribution is 5.39. The average Bonchev–Trinajstić information content (AvgIpc) is 2.42. The maximum absolute atomic E-state index is 12.2. The number of aryl methyl sites for hydroxylation is 1. The molecule has 0 aliphatic carbocycles. The summed E-state index contributed by atoms with van der Waals surface area (Å²) >= 11 is 0. The van der Waals surface area contributed by atoms with Crippen LogP contribution < -0.4 is 5.56 Å². The molecule has 0 radical (unpaired) electrons. The minimum Gasteiger partial charge on any atom is -0.295 e. The number of aromatic nitrogens is 2. The van der Waals surface area contributed by atoms with Gasteiger partial charge in [0.25, 0.3) is 5.56 Å². The van der Waals surface area contributed by atoms with Crippen molar-refractivity contribution in [3.63, 3.8) is 0 Å². The minimum atomic E-state index is 0.0124. The fraction of sp³-hybridized carbons (Fsp3) is 0.500. The van der Waals surface area contributed by atoms with Crippen molar-refractivity contribution < 1.29 is 0 Å². The number of rotatable bonds is 2. The van der Waals surface area contributed by atoms with E-state index in [4.69, 9.17) is 0 Å². The van der Waals surface area contributed by atoms with Crippen LogP contribution >= 0.6 is 0 Å². The summed E-state index contributed by atoms with van der Waals surface area (Å²) in [4.78, 5) is 19.2. The van der Waals surface area contributed by atoms with Crippen LogP contribution in [0.1, 0.15) is 37.4 Å². The molecule has 2 aromatic rings. The summed E-state index contributed by atoms with van der Waals surface area (Å²) in [7, 11) is 0. The van der Waals surface area contributed by atoms with Gasteiger partial charge >= 0.3 is 0 Å². The van der Waals surface area contributed by atoms with Gasteiger partial charge < -0.3 is 0 Å². The number of hydrogen-bond acceptors (Lipinski definition) is 3. The van der Waals surface area contributed by atoms with Gasteiger partial charge in [0.2, 0.25) is 0 Å². The Balaban J connectivity index is 1.92. The lowest BCUT2D eigenvalue weighted by Crippen LogP contribution is -2.37. The Labute approximate surface area is 119 Å². The molecule has 0 N–H and O–H groups in total. The molecule has 106 valence electrons. The summed E-state index contributed by atoms with van der Waals surface area (Å²) < 4.78 is 1.62. The van der Waals surface area contributed by atoms with E-state index in [0.29, 0.717) is 6.04 Å². The summed E-state index contributed by atoms with van der Waals surface area (Å²) in [5.74, 6) is 0. The average molecular weight is 271 g/mol. The van der Waals surface area contributed by atoms with E-state index < -0.39 is 0 Å². The quantitative estimate of drug-likeness (QED) is 0.841. The molecule has 1 fully saturated rings. The first-order chi connectivity index (χ1) is 9.63. The van der Waals surface area contributed by atoms with Crippen molar-refractivity contribution >= 4 is 5.65 Å². The highest BCUT2D eigenvalue weighted by Crippen LogP contribution is 2.18. The van der Waals surface area contributed by atoms with Gasteiger partial charge in [0.1, 0.15) is 5.65 Å². The van der Waals surface area contributed by atoms with E-state index >= 15 is 0 Å². The molecule has 4 heteroatoms. The Hall–Kier alpha value is -1.68. The molecule has 4 nitrogen and oxygen atoms in total. The number of nitrogens with zero attached hydrogens (tertiary/aromatic N) is 3. The molecule has 1 atom stereocenters. The predicted octanol–water partition coefficient (Wildman–Crippen LogP) is 2.38. The van der Waals surface area contributed by atoms with Crippen molar-refractivity contribution in [2.24, 2.45) is 0 Å². The third kappa shape index (κ3) is 2.61. The first-order valence-corrected chi connectivity index (χ1v) is 7.36. The summed E-state index contributed by atoms with van der Waals surface area (Å²) in [6.07, 6.45) is 5.64. The van der Waals surface area contributed by atoms with E-state index in [9.17, 15) is 4.79 Å². The van der Waals surface area contributed by atoms with Crippen molar-refractivity contribution in [3.05, 3.63) is 46.0 Å².